The zero-order valence-corrected chi connectivity index (χ0v) is 8.68. The predicted molar refractivity (Wildman–Crippen MR) is 53.2 cm³/mol. The summed E-state index contributed by atoms with van der Waals surface area (Å²) in [6.45, 7) is 7.09. The first-order chi connectivity index (χ1) is 5.68. The average molecular weight is 173 g/mol. The Labute approximate surface area is 76.5 Å². The Morgan fingerprint density at radius 2 is 1.83 bits per heavy atom. The van der Waals surface area contributed by atoms with Crippen LogP contribution in [0.2, 0.25) is 0 Å². The summed E-state index contributed by atoms with van der Waals surface area (Å²) in [6, 6.07) is 0.149. The molecule has 0 radical (unpaired) electrons. The SMILES string of the molecule is CCCCCCOC(C)[C@H](C)N. The van der Waals surface area contributed by atoms with Crippen LogP contribution in [0.3, 0.4) is 0 Å². The van der Waals surface area contributed by atoms with Crippen LogP contribution in [0.1, 0.15) is 46.5 Å². The van der Waals surface area contributed by atoms with Crippen LogP contribution in [-0.4, -0.2) is 18.8 Å². The largest absolute Gasteiger partial charge is 0.377 e. The van der Waals surface area contributed by atoms with Crippen LogP contribution >= 0.6 is 0 Å². The minimum Gasteiger partial charge on any atom is -0.377 e. The lowest BCUT2D eigenvalue weighted by atomic mass is 10.2. The third-order valence-corrected chi connectivity index (χ3v) is 2.12. The van der Waals surface area contributed by atoms with Gasteiger partial charge in [0.15, 0.2) is 0 Å². The highest BCUT2D eigenvalue weighted by molar-refractivity contribution is 4.61. The third-order valence-electron chi connectivity index (χ3n) is 2.12. The van der Waals surface area contributed by atoms with E-state index >= 15 is 0 Å². The van der Waals surface area contributed by atoms with Crippen molar-refractivity contribution in [3.63, 3.8) is 0 Å². The van der Waals surface area contributed by atoms with Gasteiger partial charge in [-0.05, 0) is 20.3 Å². The molecule has 0 saturated heterocycles. The number of rotatable bonds is 7. The Bertz CT molecular complexity index is 93.8. The third kappa shape index (κ3) is 6.62. The van der Waals surface area contributed by atoms with Crippen molar-refractivity contribution in [2.45, 2.75) is 58.6 Å². The van der Waals surface area contributed by atoms with E-state index in [-0.39, 0.29) is 12.1 Å². The van der Waals surface area contributed by atoms with E-state index in [0.717, 1.165) is 6.61 Å². The summed E-state index contributed by atoms with van der Waals surface area (Å²) in [5.41, 5.74) is 5.65. The van der Waals surface area contributed by atoms with E-state index in [1.165, 1.54) is 25.7 Å². The van der Waals surface area contributed by atoms with Gasteiger partial charge >= 0.3 is 0 Å². The number of hydrogen-bond donors (Lipinski definition) is 1. The number of nitrogens with two attached hydrogens (primary N) is 1. The van der Waals surface area contributed by atoms with Crippen molar-refractivity contribution in [1.82, 2.24) is 0 Å². The Hall–Kier alpha value is -0.0800. The summed E-state index contributed by atoms with van der Waals surface area (Å²) >= 11 is 0. The standard InChI is InChI=1S/C10H23NO/c1-4-5-6-7-8-12-10(3)9(2)11/h9-10H,4-8,11H2,1-3H3/t9-,10?/m0/s1. The maximum absolute atomic E-state index is 5.65. The molecule has 1 unspecified atom stereocenters. The fourth-order valence-corrected chi connectivity index (χ4v) is 0.950. The lowest BCUT2D eigenvalue weighted by Gasteiger charge is -2.16. The van der Waals surface area contributed by atoms with Crippen molar-refractivity contribution in [2.24, 2.45) is 5.73 Å². The van der Waals surface area contributed by atoms with Gasteiger partial charge in [-0.3, -0.25) is 0 Å². The lowest BCUT2D eigenvalue weighted by Crippen LogP contribution is -2.31. The average Bonchev–Trinajstić information content (AvgIpc) is 2.03. The van der Waals surface area contributed by atoms with Gasteiger partial charge < -0.3 is 10.5 Å². The monoisotopic (exact) mass is 173 g/mol. The van der Waals surface area contributed by atoms with Crippen LogP contribution < -0.4 is 5.73 Å². The van der Waals surface area contributed by atoms with Gasteiger partial charge in [-0.1, -0.05) is 26.2 Å². The summed E-state index contributed by atoms with van der Waals surface area (Å²) in [5.74, 6) is 0. The summed E-state index contributed by atoms with van der Waals surface area (Å²) in [5, 5.41) is 0. The van der Waals surface area contributed by atoms with Gasteiger partial charge in [-0.2, -0.15) is 0 Å². The smallest absolute Gasteiger partial charge is 0.0695 e. The molecule has 0 fully saturated rings. The molecular weight excluding hydrogens is 150 g/mol. The van der Waals surface area contributed by atoms with Crippen molar-refractivity contribution < 1.29 is 4.74 Å². The molecule has 0 aromatic heterocycles. The van der Waals surface area contributed by atoms with Crippen molar-refractivity contribution in [2.75, 3.05) is 6.61 Å². The van der Waals surface area contributed by atoms with Gasteiger partial charge in [-0.15, -0.1) is 0 Å². The first-order valence-corrected chi connectivity index (χ1v) is 5.05. The molecule has 0 aromatic carbocycles. The molecule has 2 nitrogen and oxygen atoms in total. The summed E-state index contributed by atoms with van der Waals surface area (Å²) < 4.78 is 5.52. The normalized spacial score (nSPS) is 16.0. The second-order valence-corrected chi connectivity index (χ2v) is 3.50. The highest BCUT2D eigenvalue weighted by atomic mass is 16.5. The zero-order chi connectivity index (χ0) is 9.40. The van der Waals surface area contributed by atoms with E-state index in [0.29, 0.717) is 0 Å². The van der Waals surface area contributed by atoms with Crippen molar-refractivity contribution in [3.05, 3.63) is 0 Å². The van der Waals surface area contributed by atoms with Crippen molar-refractivity contribution >= 4 is 0 Å². The Balaban J connectivity index is 3.08. The van der Waals surface area contributed by atoms with E-state index in [9.17, 15) is 0 Å². The molecule has 2 atom stereocenters. The van der Waals surface area contributed by atoms with Gasteiger partial charge in [0.1, 0.15) is 0 Å². The van der Waals surface area contributed by atoms with Crippen LogP contribution in [0.4, 0.5) is 0 Å². The van der Waals surface area contributed by atoms with Crippen LogP contribution in [0.25, 0.3) is 0 Å². The van der Waals surface area contributed by atoms with Gasteiger partial charge in [0, 0.05) is 12.6 Å². The minimum absolute atomic E-state index is 0.149. The maximum Gasteiger partial charge on any atom is 0.0695 e. The molecule has 0 rings (SSSR count). The lowest BCUT2D eigenvalue weighted by molar-refractivity contribution is 0.0496. The van der Waals surface area contributed by atoms with Crippen LogP contribution in [-0.2, 0) is 4.74 Å². The molecule has 0 aliphatic rings. The summed E-state index contributed by atoms with van der Waals surface area (Å²) in [4.78, 5) is 0. The van der Waals surface area contributed by atoms with E-state index in [1.807, 2.05) is 13.8 Å². The Kier molecular flexibility index (Phi) is 7.51. The Morgan fingerprint density at radius 3 is 2.33 bits per heavy atom. The quantitative estimate of drug-likeness (QED) is 0.600. The highest BCUT2D eigenvalue weighted by Gasteiger charge is 2.05. The topological polar surface area (TPSA) is 35.2 Å². The molecule has 0 amide bonds. The molecule has 0 aliphatic carbocycles. The fraction of sp³-hybridized carbons (Fsp3) is 1.00. The Morgan fingerprint density at radius 1 is 1.17 bits per heavy atom. The van der Waals surface area contributed by atoms with Gasteiger partial charge in [0.2, 0.25) is 0 Å². The minimum atomic E-state index is 0.149. The van der Waals surface area contributed by atoms with Crippen LogP contribution in [0.15, 0.2) is 0 Å². The molecule has 2 N–H and O–H groups in total. The van der Waals surface area contributed by atoms with E-state index in [2.05, 4.69) is 6.92 Å². The summed E-state index contributed by atoms with van der Waals surface area (Å²) in [7, 11) is 0. The predicted octanol–water partition coefficient (Wildman–Crippen LogP) is 2.32. The van der Waals surface area contributed by atoms with Crippen LogP contribution in [0, 0.1) is 0 Å². The maximum atomic E-state index is 5.65. The number of unbranched alkanes of at least 4 members (excludes halogenated alkanes) is 3. The number of ether oxygens (including phenoxy) is 1. The molecule has 2 heteroatoms. The van der Waals surface area contributed by atoms with E-state index in [4.69, 9.17) is 10.5 Å². The van der Waals surface area contributed by atoms with Crippen molar-refractivity contribution in [1.29, 1.82) is 0 Å². The molecule has 12 heavy (non-hydrogen) atoms. The molecule has 0 heterocycles. The molecule has 0 spiro atoms. The first-order valence-electron chi connectivity index (χ1n) is 5.05. The highest BCUT2D eigenvalue weighted by Crippen LogP contribution is 2.01. The van der Waals surface area contributed by atoms with Crippen molar-refractivity contribution in [3.8, 4) is 0 Å². The second-order valence-electron chi connectivity index (χ2n) is 3.50. The van der Waals surface area contributed by atoms with E-state index in [1.54, 1.807) is 0 Å². The van der Waals surface area contributed by atoms with Gasteiger partial charge in [0.05, 0.1) is 6.10 Å². The molecule has 74 valence electrons. The van der Waals surface area contributed by atoms with Gasteiger partial charge in [0.25, 0.3) is 0 Å². The number of hydrogen-bond acceptors (Lipinski definition) is 2. The molecule has 0 aliphatic heterocycles. The molecule has 0 saturated carbocycles. The summed E-state index contributed by atoms with van der Waals surface area (Å²) in [6.07, 6.45) is 5.25. The molecular formula is C10H23NO. The second kappa shape index (κ2) is 7.56. The van der Waals surface area contributed by atoms with E-state index < -0.39 is 0 Å². The van der Waals surface area contributed by atoms with Crippen LogP contribution in [0.5, 0.6) is 0 Å². The zero-order valence-electron chi connectivity index (χ0n) is 8.68. The first kappa shape index (κ1) is 11.9. The fourth-order valence-electron chi connectivity index (χ4n) is 0.950. The van der Waals surface area contributed by atoms with Gasteiger partial charge in [-0.25, -0.2) is 0 Å². The molecule has 0 bridgehead atoms. The molecule has 0 aromatic rings.